The zero-order valence-electron chi connectivity index (χ0n) is 10.6. The van der Waals surface area contributed by atoms with Crippen LogP contribution >= 0.6 is 11.8 Å². The van der Waals surface area contributed by atoms with Gasteiger partial charge in [-0.2, -0.15) is 0 Å². The number of carbonyl (C=O) groups excluding carboxylic acids is 1. The predicted molar refractivity (Wildman–Crippen MR) is 66.6 cm³/mol. The molecule has 94 valence electrons. The van der Waals surface area contributed by atoms with Crippen molar-refractivity contribution in [2.24, 2.45) is 0 Å². The molecule has 16 heavy (non-hydrogen) atoms. The molecule has 2 unspecified atom stereocenters. The Bertz CT molecular complexity index is 259. The van der Waals surface area contributed by atoms with E-state index in [-0.39, 0.29) is 16.0 Å². The minimum Gasteiger partial charge on any atom is -0.466 e. The fraction of sp³-hybridized carbons (Fsp3) is 0.917. The minimum atomic E-state index is -0.621. The smallest absolute Gasteiger partial charge is 0.302 e. The Morgan fingerprint density at radius 3 is 2.69 bits per heavy atom. The van der Waals surface area contributed by atoms with Crippen molar-refractivity contribution in [1.82, 2.24) is 0 Å². The maximum atomic E-state index is 10.7. The summed E-state index contributed by atoms with van der Waals surface area (Å²) in [5.41, 5.74) is -0.621. The Labute approximate surface area is 102 Å². The third-order valence-corrected chi connectivity index (χ3v) is 5.16. The zero-order valence-corrected chi connectivity index (χ0v) is 11.4. The largest absolute Gasteiger partial charge is 0.466 e. The third kappa shape index (κ3) is 3.98. The molecule has 1 aliphatic heterocycles. The van der Waals surface area contributed by atoms with Gasteiger partial charge in [-0.25, -0.2) is 0 Å². The molecule has 0 aromatic rings. The second-order valence-corrected chi connectivity index (χ2v) is 7.13. The first-order chi connectivity index (χ1) is 7.23. The first kappa shape index (κ1) is 13.8. The van der Waals surface area contributed by atoms with Crippen LogP contribution in [-0.4, -0.2) is 33.3 Å². The van der Waals surface area contributed by atoms with Crippen molar-refractivity contribution in [3.05, 3.63) is 0 Å². The summed E-state index contributed by atoms with van der Waals surface area (Å²) in [7, 11) is 0. The van der Waals surface area contributed by atoms with Crippen LogP contribution in [-0.2, 0) is 9.53 Å². The zero-order chi connectivity index (χ0) is 12.4. The van der Waals surface area contributed by atoms with E-state index in [1.807, 2.05) is 25.6 Å². The fourth-order valence-electron chi connectivity index (χ4n) is 1.99. The van der Waals surface area contributed by atoms with Gasteiger partial charge in [0.25, 0.3) is 0 Å². The summed E-state index contributed by atoms with van der Waals surface area (Å²) < 4.78 is 5.11. The van der Waals surface area contributed by atoms with Gasteiger partial charge in [-0.3, -0.25) is 4.79 Å². The third-order valence-electron chi connectivity index (χ3n) is 3.09. The summed E-state index contributed by atoms with van der Waals surface area (Å²) in [5.74, 6) is -0.217. The van der Waals surface area contributed by atoms with Crippen molar-refractivity contribution in [3.63, 3.8) is 0 Å². The van der Waals surface area contributed by atoms with Crippen LogP contribution in [0.25, 0.3) is 0 Å². The Morgan fingerprint density at radius 1 is 1.62 bits per heavy atom. The van der Waals surface area contributed by atoms with E-state index >= 15 is 0 Å². The molecular weight excluding hydrogens is 224 g/mol. The molecule has 4 heteroatoms. The molecule has 0 aliphatic carbocycles. The summed E-state index contributed by atoms with van der Waals surface area (Å²) in [6.45, 7) is 7.83. The van der Waals surface area contributed by atoms with Gasteiger partial charge >= 0.3 is 5.97 Å². The van der Waals surface area contributed by atoms with Crippen LogP contribution in [0.15, 0.2) is 0 Å². The molecule has 0 aromatic carbocycles. The van der Waals surface area contributed by atoms with Gasteiger partial charge in [-0.05, 0) is 33.1 Å². The molecule has 1 saturated heterocycles. The highest BCUT2D eigenvalue weighted by Crippen LogP contribution is 2.48. The van der Waals surface area contributed by atoms with Crippen molar-refractivity contribution < 1.29 is 14.6 Å². The van der Waals surface area contributed by atoms with E-state index < -0.39 is 5.60 Å². The average Bonchev–Trinajstić information content (AvgIpc) is 2.46. The van der Waals surface area contributed by atoms with E-state index in [1.165, 1.54) is 6.92 Å². The van der Waals surface area contributed by atoms with E-state index in [0.29, 0.717) is 6.61 Å². The van der Waals surface area contributed by atoms with Crippen LogP contribution in [0.1, 0.15) is 47.0 Å². The van der Waals surface area contributed by atoms with Crippen LogP contribution in [0.3, 0.4) is 0 Å². The van der Waals surface area contributed by atoms with Crippen LogP contribution in [0, 0.1) is 0 Å². The van der Waals surface area contributed by atoms with Gasteiger partial charge in [0.1, 0.15) is 0 Å². The number of carbonyl (C=O) groups is 1. The van der Waals surface area contributed by atoms with Crippen molar-refractivity contribution in [2.75, 3.05) is 6.61 Å². The van der Waals surface area contributed by atoms with E-state index in [0.717, 1.165) is 19.3 Å². The Balaban J connectivity index is 2.40. The highest BCUT2D eigenvalue weighted by atomic mass is 32.2. The maximum Gasteiger partial charge on any atom is 0.302 e. The van der Waals surface area contributed by atoms with Gasteiger partial charge < -0.3 is 9.84 Å². The topological polar surface area (TPSA) is 46.5 Å². The number of thioether (sulfide) groups is 1. The first-order valence-electron chi connectivity index (χ1n) is 5.76. The molecule has 1 heterocycles. The highest BCUT2D eigenvalue weighted by molar-refractivity contribution is 8.01. The minimum absolute atomic E-state index is 0.139. The van der Waals surface area contributed by atoms with Crippen LogP contribution < -0.4 is 0 Å². The molecule has 2 atom stereocenters. The number of esters is 1. The van der Waals surface area contributed by atoms with Gasteiger partial charge in [0, 0.05) is 16.9 Å². The molecule has 0 saturated carbocycles. The van der Waals surface area contributed by atoms with Crippen molar-refractivity contribution in [1.29, 1.82) is 0 Å². The van der Waals surface area contributed by atoms with Crippen molar-refractivity contribution >= 4 is 17.7 Å². The van der Waals surface area contributed by atoms with E-state index in [4.69, 9.17) is 4.74 Å². The van der Waals surface area contributed by atoms with Gasteiger partial charge in [-0.15, -0.1) is 11.8 Å². The second-order valence-electron chi connectivity index (χ2n) is 5.34. The second kappa shape index (κ2) is 4.96. The lowest BCUT2D eigenvalue weighted by Crippen LogP contribution is -2.32. The monoisotopic (exact) mass is 246 g/mol. The summed E-state index contributed by atoms with van der Waals surface area (Å²) in [4.78, 5) is 10.7. The normalized spacial score (nSPS) is 30.4. The van der Waals surface area contributed by atoms with Crippen LogP contribution in [0.2, 0.25) is 0 Å². The lowest BCUT2D eigenvalue weighted by atomic mass is 9.95. The molecule has 1 rings (SSSR count). The van der Waals surface area contributed by atoms with Crippen molar-refractivity contribution in [3.8, 4) is 0 Å². The SMILES string of the molecule is CC(=O)OCCC1(C)CCC(C(C)(C)O)S1. The lowest BCUT2D eigenvalue weighted by molar-refractivity contribution is -0.141. The summed E-state index contributed by atoms with van der Waals surface area (Å²) in [6.07, 6.45) is 2.97. The van der Waals surface area contributed by atoms with Gasteiger partial charge in [0.15, 0.2) is 0 Å². The van der Waals surface area contributed by atoms with Gasteiger partial charge in [0.2, 0.25) is 0 Å². The number of aliphatic hydroxyl groups is 1. The van der Waals surface area contributed by atoms with Gasteiger partial charge in [0.05, 0.1) is 12.2 Å². The summed E-state index contributed by atoms with van der Waals surface area (Å²) >= 11 is 1.83. The molecule has 1 aliphatic rings. The van der Waals surface area contributed by atoms with E-state index in [9.17, 15) is 9.90 Å². The van der Waals surface area contributed by atoms with Gasteiger partial charge in [-0.1, -0.05) is 6.92 Å². The summed E-state index contributed by atoms with van der Waals surface area (Å²) in [6, 6.07) is 0. The first-order valence-corrected chi connectivity index (χ1v) is 6.64. The van der Waals surface area contributed by atoms with E-state index in [1.54, 1.807) is 0 Å². The standard InChI is InChI=1S/C12H22O3S/c1-9(13)15-8-7-12(4)6-5-10(16-12)11(2,3)14/h10,14H,5-8H2,1-4H3. The lowest BCUT2D eigenvalue weighted by Gasteiger charge is -2.28. The van der Waals surface area contributed by atoms with Crippen molar-refractivity contribution in [2.45, 2.75) is 62.6 Å². The quantitative estimate of drug-likeness (QED) is 0.774. The molecule has 0 spiro atoms. The highest BCUT2D eigenvalue weighted by Gasteiger charge is 2.41. The summed E-state index contributed by atoms with van der Waals surface area (Å²) in [5, 5.41) is 10.2. The molecule has 0 amide bonds. The average molecular weight is 246 g/mol. The molecule has 1 fully saturated rings. The molecular formula is C12H22O3S. The Kier molecular flexibility index (Phi) is 4.29. The number of ether oxygens (including phenoxy) is 1. The number of rotatable bonds is 4. The molecule has 3 nitrogen and oxygen atoms in total. The number of hydrogen-bond acceptors (Lipinski definition) is 4. The molecule has 0 bridgehead atoms. The van der Waals surface area contributed by atoms with E-state index in [2.05, 4.69) is 6.92 Å². The Hall–Kier alpha value is -0.220. The predicted octanol–water partition coefficient (Wildman–Crippen LogP) is 2.36. The molecule has 0 aromatic heterocycles. The molecule has 0 radical (unpaired) electrons. The Morgan fingerprint density at radius 2 is 2.25 bits per heavy atom. The maximum absolute atomic E-state index is 10.7. The number of hydrogen-bond donors (Lipinski definition) is 1. The fourth-order valence-corrected chi connectivity index (χ4v) is 3.64. The molecule has 1 N–H and O–H groups in total. The van der Waals surface area contributed by atoms with Crippen LogP contribution in [0.4, 0.5) is 0 Å². The van der Waals surface area contributed by atoms with Crippen LogP contribution in [0.5, 0.6) is 0 Å².